The zero-order valence-corrected chi connectivity index (χ0v) is 13.6. The summed E-state index contributed by atoms with van der Waals surface area (Å²) < 4.78 is 0. The van der Waals surface area contributed by atoms with Crippen molar-refractivity contribution in [2.75, 3.05) is 0 Å². The molecule has 0 aromatic carbocycles. The largest absolute Gasteiger partial charge is 0.143 e. The summed E-state index contributed by atoms with van der Waals surface area (Å²) in [6, 6.07) is 0. The molecule has 0 spiro atoms. The van der Waals surface area contributed by atoms with E-state index in [1.807, 2.05) is 0 Å². The van der Waals surface area contributed by atoms with Gasteiger partial charge < -0.3 is 0 Å². The number of halogens is 1. The van der Waals surface area contributed by atoms with E-state index in [4.69, 9.17) is 70.6 Å². The van der Waals surface area contributed by atoms with Crippen LogP contribution in [0.15, 0.2) is 55.8 Å². The highest BCUT2D eigenvalue weighted by molar-refractivity contribution is 9.11. The van der Waals surface area contributed by atoms with E-state index < -0.39 is 11.7 Å². The zero-order valence-electron chi connectivity index (χ0n) is 12.0. The smallest absolute Gasteiger partial charge is 0.112 e. The maximum Gasteiger partial charge on any atom is 0.112 e. The SMILES string of the molecule is [B]/C=C([B])/C([B])=C([B])\C([B])=C\C(/C([B])=C/Br)C([B])/C([B])=C/[B]. The molecule has 2 unspecified atom stereocenters. The van der Waals surface area contributed by atoms with Gasteiger partial charge in [0.1, 0.15) is 62.8 Å². The fraction of sp³-hybridized carbons (Fsp3) is 0.167. The Morgan fingerprint density at radius 1 is 0.773 bits per heavy atom. The maximum atomic E-state index is 6.00. The van der Waals surface area contributed by atoms with Crippen molar-refractivity contribution < 1.29 is 0 Å². The van der Waals surface area contributed by atoms with E-state index in [2.05, 4.69) is 15.9 Å². The Labute approximate surface area is 154 Å². The second kappa shape index (κ2) is 10.5. The predicted molar refractivity (Wildman–Crippen MR) is 107 cm³/mol. The van der Waals surface area contributed by atoms with Crippen molar-refractivity contribution in [1.82, 2.24) is 0 Å². The first-order valence-electron chi connectivity index (χ1n) is 6.10. The van der Waals surface area contributed by atoms with Gasteiger partial charge in [0.2, 0.25) is 0 Å². The lowest BCUT2D eigenvalue weighted by Gasteiger charge is -2.26. The summed E-state index contributed by atoms with van der Waals surface area (Å²) in [7, 11) is 51.3. The first-order valence-corrected chi connectivity index (χ1v) is 7.01. The molecule has 0 amide bonds. The highest BCUT2D eigenvalue weighted by Gasteiger charge is 2.17. The molecule has 0 fully saturated rings. The summed E-state index contributed by atoms with van der Waals surface area (Å²) in [6.07, 6.45) is 1.51. The second-order valence-corrected chi connectivity index (χ2v) is 4.86. The minimum atomic E-state index is -0.700. The van der Waals surface area contributed by atoms with Crippen LogP contribution in [-0.4, -0.2) is 70.6 Å². The molecule has 0 rings (SSSR count). The zero-order chi connectivity index (χ0) is 17.4. The molecule has 10 heteroatoms. The molecule has 18 radical (unpaired) electrons. The number of allylic oxidation sites excluding steroid dienone is 7. The number of rotatable bonds is 6. The summed E-state index contributed by atoms with van der Waals surface area (Å²) >= 11 is 3.13. The molecule has 0 aliphatic rings. The minimum absolute atomic E-state index is 0.0484. The molecule has 0 N–H and O–H groups in total. The highest BCUT2D eigenvalue weighted by Crippen LogP contribution is 2.30. The Bertz CT molecular complexity index is 545. The van der Waals surface area contributed by atoms with E-state index in [-0.39, 0.29) is 27.4 Å². The molecule has 0 aromatic rings. The Kier molecular flexibility index (Phi) is 10.4. The average molecular weight is 327 g/mol. The van der Waals surface area contributed by atoms with E-state index in [1.54, 1.807) is 0 Å². The Morgan fingerprint density at radius 2 is 1.27 bits per heavy atom. The molecule has 2 atom stereocenters. The Morgan fingerprint density at radius 3 is 1.68 bits per heavy atom. The van der Waals surface area contributed by atoms with Crippen molar-refractivity contribution in [2.24, 2.45) is 5.92 Å². The van der Waals surface area contributed by atoms with Crippen LogP contribution < -0.4 is 0 Å². The quantitative estimate of drug-likeness (QED) is 0.473. The van der Waals surface area contributed by atoms with Gasteiger partial charge >= 0.3 is 0 Å². The van der Waals surface area contributed by atoms with Crippen LogP contribution >= 0.6 is 15.9 Å². The van der Waals surface area contributed by atoms with E-state index in [0.29, 0.717) is 5.47 Å². The summed E-state index contributed by atoms with van der Waals surface area (Å²) in [5, 5.41) is 0. The molecule has 0 aromatic heterocycles. The first kappa shape index (κ1) is 21.8. The van der Waals surface area contributed by atoms with E-state index in [0.717, 1.165) is 5.98 Å². The van der Waals surface area contributed by atoms with Gasteiger partial charge in [-0.15, -0.1) is 44.8 Å². The fourth-order valence-electron chi connectivity index (χ4n) is 1.48. The molecule has 22 heavy (non-hydrogen) atoms. The monoisotopic (exact) mass is 328 g/mol. The van der Waals surface area contributed by atoms with Gasteiger partial charge in [0.25, 0.3) is 0 Å². The lowest BCUT2D eigenvalue weighted by atomic mass is 9.58. The molecule has 0 aliphatic heterocycles. The molecule has 0 heterocycles. The van der Waals surface area contributed by atoms with Crippen LogP contribution in [-0.2, 0) is 0 Å². The van der Waals surface area contributed by atoms with Crippen LogP contribution in [0.3, 0.4) is 0 Å². The van der Waals surface area contributed by atoms with Crippen LogP contribution in [0.5, 0.6) is 0 Å². The fourth-order valence-corrected chi connectivity index (χ4v) is 1.79. The normalized spacial score (nSPS) is 18.6. The van der Waals surface area contributed by atoms with Crippen molar-refractivity contribution in [3.8, 4) is 0 Å². The Hall–Kier alpha value is -0.236. The molecule has 0 saturated heterocycles. The molecule has 0 bridgehead atoms. The van der Waals surface area contributed by atoms with Crippen molar-refractivity contribution in [3.63, 3.8) is 0 Å². The standard InChI is InChI=1S/C12H6B9Br/c13-2-7(16)10(19)5(9(18)4-22)1-6(15)11(20)12(21)8(17)3-14/h1-5,10H/b6-1-,7-2-,8-3-,9-4-,12-11-. The van der Waals surface area contributed by atoms with Gasteiger partial charge in [0, 0.05) is 0 Å². The molecule has 0 aliphatic carbocycles. The Balaban J connectivity index is 5.83. The minimum Gasteiger partial charge on any atom is -0.143 e. The topological polar surface area (TPSA) is 0 Å². The molecule has 88 valence electrons. The van der Waals surface area contributed by atoms with Crippen molar-refractivity contribution in [2.45, 2.75) is 5.82 Å². The van der Waals surface area contributed by atoms with Gasteiger partial charge in [-0.25, -0.2) is 0 Å². The molecular weight excluding hydrogens is 321 g/mol. The third-order valence-electron chi connectivity index (χ3n) is 2.93. The van der Waals surface area contributed by atoms with Crippen molar-refractivity contribution in [1.29, 1.82) is 0 Å². The summed E-state index contributed by atoms with van der Waals surface area (Å²) in [5.41, 5.74) is 0.934. The van der Waals surface area contributed by atoms with E-state index >= 15 is 0 Å². The van der Waals surface area contributed by atoms with E-state index in [1.165, 1.54) is 17.0 Å². The van der Waals surface area contributed by atoms with Crippen LogP contribution in [0.25, 0.3) is 0 Å². The van der Waals surface area contributed by atoms with E-state index in [9.17, 15) is 0 Å². The average Bonchev–Trinajstić information content (AvgIpc) is 2.54. The van der Waals surface area contributed by atoms with Gasteiger partial charge in [0.05, 0.1) is 7.85 Å². The molecule has 0 nitrogen and oxygen atoms in total. The van der Waals surface area contributed by atoms with Gasteiger partial charge in [0.15, 0.2) is 0 Å². The third-order valence-corrected chi connectivity index (χ3v) is 3.45. The van der Waals surface area contributed by atoms with Gasteiger partial charge in [-0.05, 0) is 10.9 Å². The summed E-state index contributed by atoms with van der Waals surface area (Å²) in [4.78, 5) is 1.49. The van der Waals surface area contributed by atoms with Crippen LogP contribution in [0, 0.1) is 5.92 Å². The summed E-state index contributed by atoms with van der Waals surface area (Å²) in [5.74, 6) is 1.04. The van der Waals surface area contributed by atoms with Crippen LogP contribution in [0.2, 0.25) is 5.82 Å². The maximum absolute atomic E-state index is 6.00. The van der Waals surface area contributed by atoms with Crippen LogP contribution in [0.4, 0.5) is 0 Å². The van der Waals surface area contributed by atoms with Crippen molar-refractivity contribution in [3.05, 3.63) is 55.8 Å². The summed E-state index contributed by atoms with van der Waals surface area (Å²) in [6.45, 7) is 0. The number of hydrogen-bond acceptors (Lipinski definition) is 0. The molecule has 0 saturated carbocycles. The third kappa shape index (κ3) is 6.10. The second-order valence-electron chi connectivity index (χ2n) is 4.40. The lowest BCUT2D eigenvalue weighted by Crippen LogP contribution is -2.15. The van der Waals surface area contributed by atoms with Gasteiger partial charge in [-0.3, -0.25) is 0 Å². The highest BCUT2D eigenvalue weighted by atomic mass is 79.9. The number of hydrogen-bond donors (Lipinski definition) is 0. The molecular formula is C12H6B9Br. The predicted octanol–water partition coefficient (Wildman–Crippen LogP) is -0.0778. The first-order chi connectivity index (χ1) is 10.2. The van der Waals surface area contributed by atoms with Gasteiger partial charge in [-0.1, -0.05) is 27.8 Å². The van der Waals surface area contributed by atoms with Crippen molar-refractivity contribution >= 4 is 86.5 Å². The van der Waals surface area contributed by atoms with Crippen LogP contribution in [0.1, 0.15) is 0 Å². The van der Waals surface area contributed by atoms with Gasteiger partial charge in [-0.2, -0.15) is 0 Å². The lowest BCUT2D eigenvalue weighted by molar-refractivity contribution is 0.802.